The molecule has 1 atom stereocenters. The Bertz CT molecular complexity index is 557. The SMILES string of the molecule is NC(=O)C[C@H]1CCCN(Cc2c(F)cccc2N2CCCC2)C1. The van der Waals surface area contributed by atoms with Gasteiger partial charge >= 0.3 is 0 Å². The van der Waals surface area contributed by atoms with Gasteiger partial charge in [0.15, 0.2) is 0 Å². The fourth-order valence-corrected chi connectivity index (χ4v) is 3.93. The van der Waals surface area contributed by atoms with Crippen molar-refractivity contribution in [3.63, 3.8) is 0 Å². The van der Waals surface area contributed by atoms with Crippen LogP contribution in [0, 0.1) is 11.7 Å². The first kappa shape index (κ1) is 16.2. The molecule has 0 aliphatic carbocycles. The normalized spacial score (nSPS) is 22.5. The van der Waals surface area contributed by atoms with Gasteiger partial charge in [-0.05, 0) is 50.3 Å². The zero-order valence-corrected chi connectivity index (χ0v) is 13.6. The lowest BCUT2D eigenvalue weighted by Gasteiger charge is -2.33. The Morgan fingerprint density at radius 1 is 1.22 bits per heavy atom. The molecule has 1 aromatic rings. The van der Waals surface area contributed by atoms with Crippen molar-refractivity contribution in [3.05, 3.63) is 29.6 Å². The monoisotopic (exact) mass is 319 g/mol. The summed E-state index contributed by atoms with van der Waals surface area (Å²) >= 11 is 0. The van der Waals surface area contributed by atoms with Gasteiger partial charge in [0.25, 0.3) is 0 Å². The molecule has 126 valence electrons. The number of hydrogen-bond acceptors (Lipinski definition) is 3. The van der Waals surface area contributed by atoms with Crippen molar-refractivity contribution in [3.8, 4) is 0 Å². The Labute approximate surface area is 137 Å². The molecule has 2 aliphatic rings. The number of hydrogen-bond donors (Lipinski definition) is 1. The third-order valence-corrected chi connectivity index (χ3v) is 5.02. The van der Waals surface area contributed by atoms with Crippen molar-refractivity contribution in [1.29, 1.82) is 0 Å². The molecule has 0 spiro atoms. The van der Waals surface area contributed by atoms with E-state index >= 15 is 0 Å². The zero-order chi connectivity index (χ0) is 16.2. The van der Waals surface area contributed by atoms with E-state index in [1.165, 1.54) is 12.8 Å². The zero-order valence-electron chi connectivity index (χ0n) is 13.6. The molecule has 5 heteroatoms. The number of carbonyl (C=O) groups excluding carboxylic acids is 1. The van der Waals surface area contributed by atoms with Crippen LogP contribution >= 0.6 is 0 Å². The van der Waals surface area contributed by atoms with Gasteiger partial charge in [-0.1, -0.05) is 6.07 Å². The third-order valence-electron chi connectivity index (χ3n) is 5.02. The van der Waals surface area contributed by atoms with Crippen LogP contribution in [0.5, 0.6) is 0 Å². The number of nitrogens with zero attached hydrogens (tertiary/aromatic N) is 2. The quantitative estimate of drug-likeness (QED) is 0.907. The van der Waals surface area contributed by atoms with E-state index in [0.717, 1.165) is 50.3 Å². The Morgan fingerprint density at radius 3 is 2.74 bits per heavy atom. The summed E-state index contributed by atoms with van der Waals surface area (Å²) in [5.41, 5.74) is 7.17. The fourth-order valence-electron chi connectivity index (χ4n) is 3.93. The minimum atomic E-state index is -0.236. The molecule has 2 fully saturated rings. The molecule has 0 radical (unpaired) electrons. The average Bonchev–Trinajstić information content (AvgIpc) is 3.03. The number of anilines is 1. The van der Waals surface area contributed by atoms with Crippen LogP contribution in [0.1, 0.15) is 37.7 Å². The number of benzene rings is 1. The molecular weight excluding hydrogens is 293 g/mol. The molecule has 1 aromatic carbocycles. The number of primary amides is 1. The topological polar surface area (TPSA) is 49.6 Å². The molecule has 0 unspecified atom stereocenters. The highest BCUT2D eigenvalue weighted by molar-refractivity contribution is 5.74. The number of nitrogens with two attached hydrogens (primary N) is 1. The summed E-state index contributed by atoms with van der Waals surface area (Å²) in [6.45, 7) is 4.44. The van der Waals surface area contributed by atoms with Gasteiger partial charge in [-0.2, -0.15) is 0 Å². The van der Waals surface area contributed by atoms with Gasteiger partial charge in [-0.15, -0.1) is 0 Å². The molecule has 0 bridgehead atoms. The van der Waals surface area contributed by atoms with Crippen LogP contribution in [0.2, 0.25) is 0 Å². The summed E-state index contributed by atoms with van der Waals surface area (Å²) in [6.07, 6.45) is 4.88. The molecule has 1 amide bonds. The van der Waals surface area contributed by atoms with Gasteiger partial charge in [-0.25, -0.2) is 4.39 Å². The van der Waals surface area contributed by atoms with Gasteiger partial charge in [0.2, 0.25) is 5.91 Å². The lowest BCUT2D eigenvalue weighted by Crippen LogP contribution is -2.37. The maximum Gasteiger partial charge on any atom is 0.217 e. The number of halogens is 1. The van der Waals surface area contributed by atoms with Crippen molar-refractivity contribution in [2.75, 3.05) is 31.1 Å². The Balaban J connectivity index is 1.72. The standard InChI is InChI=1S/C18H26FN3O/c19-16-6-3-7-17(22-9-1-2-10-22)15(16)13-21-8-4-5-14(12-21)11-18(20)23/h3,6-7,14H,1-2,4-5,8-13H2,(H2,20,23)/t14-/m1/s1. The first-order valence-corrected chi connectivity index (χ1v) is 8.66. The van der Waals surface area contributed by atoms with Crippen molar-refractivity contribution in [2.45, 2.75) is 38.6 Å². The van der Waals surface area contributed by atoms with Crippen LogP contribution in [0.15, 0.2) is 18.2 Å². The van der Waals surface area contributed by atoms with E-state index in [-0.39, 0.29) is 11.7 Å². The number of amides is 1. The van der Waals surface area contributed by atoms with Gasteiger partial charge in [0.05, 0.1) is 0 Å². The predicted molar refractivity (Wildman–Crippen MR) is 89.7 cm³/mol. The number of rotatable bonds is 5. The van der Waals surface area contributed by atoms with Crippen LogP contribution in [0.4, 0.5) is 10.1 Å². The first-order valence-electron chi connectivity index (χ1n) is 8.66. The second-order valence-electron chi connectivity index (χ2n) is 6.85. The fraction of sp³-hybridized carbons (Fsp3) is 0.611. The van der Waals surface area contributed by atoms with Gasteiger partial charge < -0.3 is 10.6 Å². The minimum absolute atomic E-state index is 0.119. The number of likely N-dealkylation sites (tertiary alicyclic amines) is 1. The molecule has 2 N–H and O–H groups in total. The molecule has 0 aromatic heterocycles. The van der Waals surface area contributed by atoms with E-state index in [9.17, 15) is 9.18 Å². The second kappa shape index (κ2) is 7.30. The lowest BCUT2D eigenvalue weighted by atomic mass is 9.94. The van der Waals surface area contributed by atoms with Gasteiger partial charge in [0.1, 0.15) is 5.82 Å². The Morgan fingerprint density at radius 2 is 2.00 bits per heavy atom. The molecule has 3 rings (SSSR count). The highest BCUT2D eigenvalue weighted by Crippen LogP contribution is 2.29. The van der Waals surface area contributed by atoms with Crippen molar-refractivity contribution < 1.29 is 9.18 Å². The first-order chi connectivity index (χ1) is 11.1. The summed E-state index contributed by atoms with van der Waals surface area (Å²) in [6, 6.07) is 5.40. The van der Waals surface area contributed by atoms with Crippen LogP contribution in [0.25, 0.3) is 0 Å². The highest BCUT2D eigenvalue weighted by atomic mass is 19.1. The molecular formula is C18H26FN3O. The summed E-state index contributed by atoms with van der Waals surface area (Å²) in [7, 11) is 0. The van der Waals surface area contributed by atoms with Crippen molar-refractivity contribution in [2.24, 2.45) is 11.7 Å². The summed E-state index contributed by atoms with van der Waals surface area (Å²) < 4.78 is 14.4. The van der Waals surface area contributed by atoms with Crippen LogP contribution in [-0.4, -0.2) is 37.0 Å². The van der Waals surface area contributed by atoms with E-state index in [0.29, 0.717) is 18.9 Å². The van der Waals surface area contributed by atoms with E-state index in [4.69, 9.17) is 5.73 Å². The second-order valence-corrected chi connectivity index (χ2v) is 6.85. The molecule has 2 aliphatic heterocycles. The molecule has 0 saturated carbocycles. The number of carbonyl (C=O) groups is 1. The van der Waals surface area contributed by atoms with E-state index in [1.54, 1.807) is 12.1 Å². The van der Waals surface area contributed by atoms with Gasteiger partial charge in [-0.3, -0.25) is 9.69 Å². The van der Waals surface area contributed by atoms with Gasteiger partial charge in [0, 0.05) is 43.9 Å². The van der Waals surface area contributed by atoms with E-state index in [2.05, 4.69) is 9.80 Å². The maximum atomic E-state index is 14.4. The smallest absolute Gasteiger partial charge is 0.217 e. The molecule has 23 heavy (non-hydrogen) atoms. The Kier molecular flexibility index (Phi) is 5.16. The Hall–Kier alpha value is -1.62. The van der Waals surface area contributed by atoms with Crippen molar-refractivity contribution in [1.82, 2.24) is 4.90 Å². The van der Waals surface area contributed by atoms with E-state index < -0.39 is 0 Å². The van der Waals surface area contributed by atoms with Crippen molar-refractivity contribution >= 4 is 11.6 Å². The average molecular weight is 319 g/mol. The minimum Gasteiger partial charge on any atom is -0.371 e. The number of piperidine rings is 1. The largest absolute Gasteiger partial charge is 0.371 e. The predicted octanol–water partition coefficient (Wildman–Crippen LogP) is 2.51. The van der Waals surface area contributed by atoms with E-state index in [1.807, 2.05) is 6.07 Å². The molecule has 4 nitrogen and oxygen atoms in total. The molecule has 2 heterocycles. The maximum absolute atomic E-state index is 14.4. The van der Waals surface area contributed by atoms with Crippen LogP contribution in [0.3, 0.4) is 0 Å². The summed E-state index contributed by atoms with van der Waals surface area (Å²) in [4.78, 5) is 15.7. The summed E-state index contributed by atoms with van der Waals surface area (Å²) in [5, 5.41) is 0. The summed E-state index contributed by atoms with van der Waals surface area (Å²) in [5.74, 6) is -0.0461. The highest BCUT2D eigenvalue weighted by Gasteiger charge is 2.24. The van der Waals surface area contributed by atoms with Crippen LogP contribution in [-0.2, 0) is 11.3 Å². The van der Waals surface area contributed by atoms with Crippen LogP contribution < -0.4 is 10.6 Å². The molecule has 2 saturated heterocycles. The third kappa shape index (κ3) is 4.02. The lowest BCUT2D eigenvalue weighted by molar-refractivity contribution is -0.119.